The molecule has 0 saturated heterocycles. The SMILES string of the molecule is CCNC(=O)NC(C)(C)C(=O)NC(C)Cc1c(F)cccc1F. The lowest BCUT2D eigenvalue weighted by atomic mass is 10.0. The molecule has 3 N–H and O–H groups in total. The van der Waals surface area contributed by atoms with E-state index in [4.69, 9.17) is 0 Å². The molecular formula is C16H23F2N3O2. The third-order valence-corrected chi connectivity index (χ3v) is 3.28. The van der Waals surface area contributed by atoms with E-state index in [-0.39, 0.29) is 12.0 Å². The second-order valence-electron chi connectivity index (χ2n) is 5.89. The van der Waals surface area contributed by atoms with E-state index >= 15 is 0 Å². The number of carbonyl (C=O) groups is 2. The summed E-state index contributed by atoms with van der Waals surface area (Å²) in [6.07, 6.45) is 0.0154. The van der Waals surface area contributed by atoms with Crippen LogP contribution in [-0.2, 0) is 11.2 Å². The topological polar surface area (TPSA) is 70.2 Å². The Morgan fingerprint density at radius 2 is 1.78 bits per heavy atom. The maximum absolute atomic E-state index is 13.6. The molecule has 1 rings (SSSR count). The van der Waals surface area contributed by atoms with Gasteiger partial charge in [-0.25, -0.2) is 13.6 Å². The Hall–Kier alpha value is -2.18. The predicted octanol–water partition coefficient (Wildman–Crippen LogP) is 2.11. The monoisotopic (exact) mass is 327 g/mol. The molecule has 0 aromatic heterocycles. The molecule has 5 nitrogen and oxygen atoms in total. The maximum atomic E-state index is 13.6. The van der Waals surface area contributed by atoms with Crippen LogP contribution in [0.3, 0.4) is 0 Å². The minimum absolute atomic E-state index is 0.0154. The van der Waals surface area contributed by atoms with Gasteiger partial charge in [0.25, 0.3) is 0 Å². The molecule has 3 amide bonds. The van der Waals surface area contributed by atoms with Gasteiger partial charge >= 0.3 is 6.03 Å². The van der Waals surface area contributed by atoms with Gasteiger partial charge in [-0.3, -0.25) is 4.79 Å². The molecular weight excluding hydrogens is 304 g/mol. The van der Waals surface area contributed by atoms with E-state index in [1.165, 1.54) is 18.2 Å². The number of carbonyl (C=O) groups excluding carboxylic acids is 2. The zero-order chi connectivity index (χ0) is 17.6. The molecule has 1 atom stereocenters. The largest absolute Gasteiger partial charge is 0.351 e. The number of halogens is 2. The summed E-state index contributed by atoms with van der Waals surface area (Å²) in [7, 11) is 0. The molecule has 0 aliphatic rings. The molecule has 7 heteroatoms. The van der Waals surface area contributed by atoms with Crippen LogP contribution >= 0.6 is 0 Å². The Labute approximate surface area is 134 Å². The van der Waals surface area contributed by atoms with Gasteiger partial charge in [0.15, 0.2) is 0 Å². The number of urea groups is 1. The Morgan fingerprint density at radius 3 is 2.30 bits per heavy atom. The van der Waals surface area contributed by atoms with Crippen LogP contribution in [0.25, 0.3) is 0 Å². The van der Waals surface area contributed by atoms with Crippen molar-refractivity contribution in [1.82, 2.24) is 16.0 Å². The average molecular weight is 327 g/mol. The molecule has 0 aliphatic heterocycles. The average Bonchev–Trinajstić information content (AvgIpc) is 2.42. The van der Waals surface area contributed by atoms with Gasteiger partial charge in [-0.1, -0.05) is 6.07 Å². The summed E-state index contributed by atoms with van der Waals surface area (Å²) in [6, 6.07) is 2.68. The summed E-state index contributed by atoms with van der Waals surface area (Å²) < 4.78 is 27.2. The fourth-order valence-electron chi connectivity index (χ4n) is 2.03. The number of benzene rings is 1. The zero-order valence-electron chi connectivity index (χ0n) is 13.8. The molecule has 23 heavy (non-hydrogen) atoms. The van der Waals surface area contributed by atoms with Crippen molar-refractivity contribution in [1.29, 1.82) is 0 Å². The van der Waals surface area contributed by atoms with Crippen molar-refractivity contribution in [2.45, 2.75) is 45.7 Å². The first-order chi connectivity index (χ1) is 10.7. The minimum atomic E-state index is -1.15. The van der Waals surface area contributed by atoms with Crippen LogP contribution < -0.4 is 16.0 Å². The summed E-state index contributed by atoms with van der Waals surface area (Å²) >= 11 is 0. The lowest BCUT2D eigenvalue weighted by molar-refractivity contribution is -0.126. The maximum Gasteiger partial charge on any atom is 0.315 e. The number of hydrogen-bond donors (Lipinski definition) is 3. The molecule has 0 radical (unpaired) electrons. The van der Waals surface area contributed by atoms with Crippen molar-refractivity contribution in [2.75, 3.05) is 6.54 Å². The van der Waals surface area contributed by atoms with Gasteiger partial charge < -0.3 is 16.0 Å². The molecule has 128 valence electrons. The Bertz CT molecular complexity index is 556. The zero-order valence-corrected chi connectivity index (χ0v) is 13.8. The second-order valence-corrected chi connectivity index (χ2v) is 5.89. The first-order valence-electron chi connectivity index (χ1n) is 7.47. The van der Waals surface area contributed by atoms with E-state index in [2.05, 4.69) is 16.0 Å². The van der Waals surface area contributed by atoms with E-state index in [9.17, 15) is 18.4 Å². The van der Waals surface area contributed by atoms with Crippen LogP contribution in [0.1, 0.15) is 33.3 Å². The van der Waals surface area contributed by atoms with Crippen molar-refractivity contribution >= 4 is 11.9 Å². The summed E-state index contributed by atoms with van der Waals surface area (Å²) in [4.78, 5) is 23.8. The second kappa shape index (κ2) is 7.89. The number of rotatable bonds is 6. The van der Waals surface area contributed by atoms with Crippen molar-refractivity contribution < 1.29 is 18.4 Å². The molecule has 1 aromatic carbocycles. The fourth-order valence-corrected chi connectivity index (χ4v) is 2.03. The van der Waals surface area contributed by atoms with E-state index in [1.54, 1.807) is 27.7 Å². The lowest BCUT2D eigenvalue weighted by Crippen LogP contribution is -2.58. The number of nitrogens with one attached hydrogen (secondary N) is 3. The summed E-state index contributed by atoms with van der Waals surface area (Å²) in [5.41, 5.74) is -1.23. The Morgan fingerprint density at radius 1 is 1.22 bits per heavy atom. The van der Waals surface area contributed by atoms with Crippen LogP contribution in [0.15, 0.2) is 18.2 Å². The third-order valence-electron chi connectivity index (χ3n) is 3.28. The van der Waals surface area contributed by atoms with Crippen molar-refractivity contribution in [3.8, 4) is 0 Å². The van der Waals surface area contributed by atoms with Crippen LogP contribution in [-0.4, -0.2) is 30.1 Å². The molecule has 0 aliphatic carbocycles. The quantitative estimate of drug-likeness (QED) is 0.749. The van der Waals surface area contributed by atoms with Crippen molar-refractivity contribution in [3.05, 3.63) is 35.4 Å². The van der Waals surface area contributed by atoms with Gasteiger partial charge in [0.2, 0.25) is 5.91 Å². The van der Waals surface area contributed by atoms with E-state index in [1.807, 2.05) is 0 Å². The number of amides is 3. The highest BCUT2D eigenvalue weighted by atomic mass is 19.1. The van der Waals surface area contributed by atoms with E-state index in [0.717, 1.165) is 0 Å². The molecule has 0 saturated carbocycles. The fraction of sp³-hybridized carbons (Fsp3) is 0.500. The van der Waals surface area contributed by atoms with Gasteiger partial charge in [-0.05, 0) is 46.2 Å². The summed E-state index contributed by atoms with van der Waals surface area (Å²) in [5.74, 6) is -1.73. The van der Waals surface area contributed by atoms with E-state index < -0.39 is 35.2 Å². The third kappa shape index (κ3) is 5.50. The summed E-state index contributed by atoms with van der Waals surface area (Å²) in [5, 5.41) is 7.73. The van der Waals surface area contributed by atoms with Crippen molar-refractivity contribution in [2.24, 2.45) is 0 Å². The van der Waals surface area contributed by atoms with E-state index in [0.29, 0.717) is 6.54 Å². The lowest BCUT2D eigenvalue weighted by Gasteiger charge is -2.27. The molecule has 0 spiro atoms. The molecule has 1 unspecified atom stereocenters. The van der Waals surface area contributed by atoms with Crippen LogP contribution in [0, 0.1) is 11.6 Å². The van der Waals surface area contributed by atoms with Gasteiger partial charge in [-0.2, -0.15) is 0 Å². The molecule has 0 fully saturated rings. The molecule has 0 heterocycles. The standard InChI is InChI=1S/C16H23F2N3O2/c1-5-19-15(23)21-16(3,4)14(22)20-10(2)9-11-12(17)7-6-8-13(11)18/h6-8,10H,5,9H2,1-4H3,(H,20,22)(H2,19,21,23). The Balaban J connectivity index is 2.67. The highest BCUT2D eigenvalue weighted by Gasteiger charge is 2.30. The molecule has 1 aromatic rings. The first kappa shape index (κ1) is 18.9. The van der Waals surface area contributed by atoms with Crippen molar-refractivity contribution in [3.63, 3.8) is 0 Å². The number of hydrogen-bond acceptors (Lipinski definition) is 2. The minimum Gasteiger partial charge on any atom is -0.351 e. The van der Waals surface area contributed by atoms with Crippen LogP contribution in [0.2, 0.25) is 0 Å². The highest BCUT2D eigenvalue weighted by Crippen LogP contribution is 2.14. The van der Waals surface area contributed by atoms with Gasteiger partial charge in [0, 0.05) is 18.2 Å². The Kier molecular flexibility index (Phi) is 6.48. The normalized spacial score (nSPS) is 12.4. The van der Waals surface area contributed by atoms with Crippen LogP contribution in [0.5, 0.6) is 0 Å². The predicted molar refractivity (Wildman–Crippen MR) is 84.0 cm³/mol. The first-order valence-corrected chi connectivity index (χ1v) is 7.47. The smallest absolute Gasteiger partial charge is 0.315 e. The van der Waals surface area contributed by atoms with Gasteiger partial charge in [0.1, 0.15) is 17.2 Å². The van der Waals surface area contributed by atoms with Gasteiger partial charge in [0.05, 0.1) is 0 Å². The summed E-state index contributed by atoms with van der Waals surface area (Å²) in [6.45, 7) is 6.94. The van der Waals surface area contributed by atoms with Crippen LogP contribution in [0.4, 0.5) is 13.6 Å². The van der Waals surface area contributed by atoms with Gasteiger partial charge in [-0.15, -0.1) is 0 Å². The molecule has 0 bridgehead atoms. The highest BCUT2D eigenvalue weighted by molar-refractivity contribution is 5.90.